The van der Waals surface area contributed by atoms with Gasteiger partial charge in [-0.15, -0.1) is 0 Å². The summed E-state index contributed by atoms with van der Waals surface area (Å²) in [6.07, 6.45) is 3.44. The minimum atomic E-state index is 0.413. The number of nitrogens with zero attached hydrogens (tertiary/aromatic N) is 1. The zero-order chi connectivity index (χ0) is 9.42. The Morgan fingerprint density at radius 3 is 2.92 bits per heavy atom. The van der Waals surface area contributed by atoms with Crippen molar-refractivity contribution in [1.29, 1.82) is 0 Å². The van der Waals surface area contributed by atoms with Gasteiger partial charge in [0.2, 0.25) is 0 Å². The number of nitrogen functional groups attached to an aromatic ring is 1. The smallest absolute Gasteiger partial charge is 0.175 e. The van der Waals surface area contributed by atoms with Crippen molar-refractivity contribution in [2.24, 2.45) is 0 Å². The maximum absolute atomic E-state index is 5.74. The molecule has 2 heterocycles. The van der Waals surface area contributed by atoms with Crippen LogP contribution in [0.5, 0.6) is 0 Å². The minimum Gasteiger partial charge on any atom is -0.460 e. The number of hydrogen-bond acceptors (Lipinski definition) is 3. The van der Waals surface area contributed by atoms with E-state index in [1.807, 2.05) is 0 Å². The fourth-order valence-corrected chi connectivity index (χ4v) is 1.38. The number of furan rings is 1. The van der Waals surface area contributed by atoms with Crippen molar-refractivity contribution in [1.82, 2.24) is 4.98 Å². The first kappa shape index (κ1) is 8.10. The molecule has 0 amide bonds. The lowest BCUT2D eigenvalue weighted by Gasteiger charge is -1.99. The number of pyridine rings is 1. The summed E-state index contributed by atoms with van der Waals surface area (Å²) in [5, 5.41) is 0. The summed E-state index contributed by atoms with van der Waals surface area (Å²) in [4.78, 5) is 4.25. The number of anilines is 1. The van der Waals surface area contributed by atoms with Gasteiger partial charge in [0.25, 0.3) is 0 Å². The van der Waals surface area contributed by atoms with Gasteiger partial charge in [-0.2, -0.15) is 0 Å². The third-order valence-corrected chi connectivity index (χ3v) is 2.13. The molecule has 0 unspecified atom stereocenters. The van der Waals surface area contributed by atoms with Gasteiger partial charge in [0.05, 0.1) is 12.0 Å². The van der Waals surface area contributed by atoms with Crippen molar-refractivity contribution in [3.8, 4) is 0 Å². The number of aromatic nitrogens is 1. The van der Waals surface area contributed by atoms with Crippen LogP contribution in [0.15, 0.2) is 22.9 Å². The van der Waals surface area contributed by atoms with Gasteiger partial charge in [-0.3, -0.25) is 4.98 Å². The summed E-state index contributed by atoms with van der Waals surface area (Å²) in [5.74, 6) is 0.413. The maximum Gasteiger partial charge on any atom is 0.175 e. The third-order valence-electron chi connectivity index (χ3n) is 2.13. The van der Waals surface area contributed by atoms with E-state index in [9.17, 15) is 0 Å². The average molecular weight is 176 g/mol. The fraction of sp³-hybridized carbons (Fsp3) is 0.300. The SMILES string of the molecule is CC(C)c1coc2c(N)ccnc12. The molecule has 0 saturated carbocycles. The van der Waals surface area contributed by atoms with Gasteiger partial charge in [0.1, 0.15) is 5.52 Å². The number of rotatable bonds is 1. The first-order valence-electron chi connectivity index (χ1n) is 4.31. The van der Waals surface area contributed by atoms with Crippen LogP contribution in [-0.2, 0) is 0 Å². The molecule has 0 aliphatic carbocycles. The Morgan fingerprint density at radius 1 is 1.46 bits per heavy atom. The summed E-state index contributed by atoms with van der Waals surface area (Å²) in [7, 11) is 0. The normalized spacial score (nSPS) is 11.3. The van der Waals surface area contributed by atoms with Crippen molar-refractivity contribution in [3.05, 3.63) is 24.1 Å². The van der Waals surface area contributed by atoms with Crippen LogP contribution in [0, 0.1) is 0 Å². The summed E-state index contributed by atoms with van der Waals surface area (Å²) >= 11 is 0. The standard InChI is InChI=1S/C10H12N2O/c1-6(2)7-5-13-10-8(11)3-4-12-9(7)10/h3-6H,1-2H3,(H2,11,12). The number of hydrogen-bond donors (Lipinski definition) is 1. The van der Waals surface area contributed by atoms with E-state index in [4.69, 9.17) is 10.2 Å². The van der Waals surface area contributed by atoms with E-state index >= 15 is 0 Å². The topological polar surface area (TPSA) is 52.0 Å². The van der Waals surface area contributed by atoms with Crippen LogP contribution < -0.4 is 5.73 Å². The van der Waals surface area contributed by atoms with Crippen LogP contribution in [-0.4, -0.2) is 4.98 Å². The predicted octanol–water partition coefficient (Wildman–Crippen LogP) is 2.53. The van der Waals surface area contributed by atoms with Crippen LogP contribution >= 0.6 is 0 Å². The highest BCUT2D eigenvalue weighted by Crippen LogP contribution is 2.28. The summed E-state index contributed by atoms with van der Waals surface area (Å²) in [6.45, 7) is 4.21. The van der Waals surface area contributed by atoms with Crippen LogP contribution in [0.4, 0.5) is 5.69 Å². The van der Waals surface area contributed by atoms with E-state index in [1.165, 1.54) is 0 Å². The van der Waals surface area contributed by atoms with E-state index in [2.05, 4.69) is 18.8 Å². The van der Waals surface area contributed by atoms with E-state index < -0.39 is 0 Å². The van der Waals surface area contributed by atoms with Crippen molar-refractivity contribution < 1.29 is 4.42 Å². The molecule has 0 aromatic carbocycles. The summed E-state index contributed by atoms with van der Waals surface area (Å²) < 4.78 is 5.35. The molecule has 0 atom stereocenters. The summed E-state index contributed by atoms with van der Waals surface area (Å²) in [6, 6.07) is 1.75. The van der Waals surface area contributed by atoms with Gasteiger partial charge in [-0.05, 0) is 12.0 Å². The Balaban J connectivity index is 2.75. The van der Waals surface area contributed by atoms with E-state index in [0.717, 1.165) is 11.1 Å². The number of fused-ring (bicyclic) bond motifs is 1. The first-order valence-corrected chi connectivity index (χ1v) is 4.31. The maximum atomic E-state index is 5.74. The van der Waals surface area contributed by atoms with Gasteiger partial charge in [0.15, 0.2) is 5.58 Å². The molecular formula is C10H12N2O. The van der Waals surface area contributed by atoms with E-state index in [1.54, 1.807) is 18.5 Å². The minimum absolute atomic E-state index is 0.413. The third kappa shape index (κ3) is 1.16. The molecule has 0 saturated heterocycles. The molecule has 0 fully saturated rings. The molecule has 0 aliphatic rings. The second kappa shape index (κ2) is 2.76. The first-order chi connectivity index (χ1) is 6.20. The molecule has 0 aliphatic heterocycles. The van der Waals surface area contributed by atoms with Crippen molar-refractivity contribution in [2.75, 3.05) is 5.73 Å². The zero-order valence-corrected chi connectivity index (χ0v) is 7.74. The molecule has 68 valence electrons. The van der Waals surface area contributed by atoms with Crippen molar-refractivity contribution in [3.63, 3.8) is 0 Å². The van der Waals surface area contributed by atoms with Crippen molar-refractivity contribution in [2.45, 2.75) is 19.8 Å². The van der Waals surface area contributed by atoms with E-state index in [-0.39, 0.29) is 0 Å². The van der Waals surface area contributed by atoms with Crippen molar-refractivity contribution >= 4 is 16.8 Å². The second-order valence-electron chi connectivity index (χ2n) is 3.42. The Morgan fingerprint density at radius 2 is 2.23 bits per heavy atom. The average Bonchev–Trinajstić information content (AvgIpc) is 2.48. The highest BCUT2D eigenvalue weighted by molar-refractivity contribution is 5.87. The molecule has 2 aromatic heterocycles. The van der Waals surface area contributed by atoms with Gasteiger partial charge in [-0.1, -0.05) is 13.8 Å². The van der Waals surface area contributed by atoms with Crippen LogP contribution in [0.3, 0.4) is 0 Å². The van der Waals surface area contributed by atoms with Crippen LogP contribution in [0.1, 0.15) is 25.3 Å². The lowest BCUT2D eigenvalue weighted by Crippen LogP contribution is -1.89. The van der Waals surface area contributed by atoms with E-state index in [0.29, 0.717) is 17.2 Å². The molecule has 2 N–H and O–H groups in total. The lowest BCUT2D eigenvalue weighted by atomic mass is 10.1. The molecular weight excluding hydrogens is 164 g/mol. The monoisotopic (exact) mass is 176 g/mol. The second-order valence-corrected chi connectivity index (χ2v) is 3.42. The molecule has 2 aromatic rings. The highest BCUT2D eigenvalue weighted by atomic mass is 16.3. The summed E-state index contributed by atoms with van der Waals surface area (Å²) in [5.41, 5.74) is 9.08. The van der Waals surface area contributed by atoms with Gasteiger partial charge >= 0.3 is 0 Å². The molecule has 0 bridgehead atoms. The Kier molecular flexibility index (Phi) is 1.72. The van der Waals surface area contributed by atoms with Gasteiger partial charge in [0, 0.05) is 11.8 Å². The molecule has 0 radical (unpaired) electrons. The quantitative estimate of drug-likeness (QED) is 0.726. The van der Waals surface area contributed by atoms with Crippen LogP contribution in [0.25, 0.3) is 11.1 Å². The van der Waals surface area contributed by atoms with Crippen LogP contribution in [0.2, 0.25) is 0 Å². The molecule has 2 rings (SSSR count). The zero-order valence-electron chi connectivity index (χ0n) is 7.74. The highest BCUT2D eigenvalue weighted by Gasteiger charge is 2.11. The largest absolute Gasteiger partial charge is 0.460 e. The number of nitrogens with two attached hydrogens (primary N) is 1. The molecule has 3 heteroatoms. The Hall–Kier alpha value is -1.51. The predicted molar refractivity (Wildman–Crippen MR) is 52.5 cm³/mol. The fourth-order valence-electron chi connectivity index (χ4n) is 1.38. The molecule has 13 heavy (non-hydrogen) atoms. The Labute approximate surface area is 76.6 Å². The van der Waals surface area contributed by atoms with Gasteiger partial charge in [-0.25, -0.2) is 0 Å². The molecule has 3 nitrogen and oxygen atoms in total. The lowest BCUT2D eigenvalue weighted by molar-refractivity contribution is 0.607. The molecule has 0 spiro atoms. The van der Waals surface area contributed by atoms with Gasteiger partial charge < -0.3 is 10.2 Å². The Bertz CT molecular complexity index is 431.